The van der Waals surface area contributed by atoms with E-state index in [0.29, 0.717) is 5.03 Å². The zero-order chi connectivity index (χ0) is 17.5. The Kier molecular flexibility index (Phi) is 6.85. The van der Waals surface area contributed by atoms with Crippen molar-refractivity contribution in [1.29, 1.82) is 0 Å². The fraction of sp³-hybridized carbons (Fsp3) is 0.474. The average Bonchev–Trinajstić information content (AvgIpc) is 3.05. The van der Waals surface area contributed by atoms with Crippen LogP contribution in [0.2, 0.25) is 0 Å². The summed E-state index contributed by atoms with van der Waals surface area (Å²) in [4.78, 5) is 24.7. The molecule has 1 aromatic carbocycles. The van der Waals surface area contributed by atoms with Crippen LogP contribution in [-0.4, -0.2) is 25.2 Å². The van der Waals surface area contributed by atoms with E-state index in [1.165, 1.54) is 0 Å². The number of benzene rings is 1. The SMILES string of the molecule is CCOC(=O)C(C(=O)OCC)C1CCC/C1=C(/Cl)c1ccccc1. The minimum absolute atomic E-state index is 0.229. The van der Waals surface area contributed by atoms with Crippen LogP contribution in [-0.2, 0) is 19.1 Å². The van der Waals surface area contributed by atoms with Crippen molar-refractivity contribution in [2.45, 2.75) is 33.1 Å². The Morgan fingerprint density at radius 3 is 2.25 bits per heavy atom. The molecule has 0 amide bonds. The second-order valence-electron chi connectivity index (χ2n) is 5.69. The monoisotopic (exact) mass is 350 g/mol. The number of hydrogen-bond donors (Lipinski definition) is 0. The van der Waals surface area contributed by atoms with Gasteiger partial charge in [-0.1, -0.05) is 41.9 Å². The lowest BCUT2D eigenvalue weighted by Crippen LogP contribution is -2.34. The van der Waals surface area contributed by atoms with E-state index in [1.54, 1.807) is 13.8 Å². The van der Waals surface area contributed by atoms with Gasteiger partial charge in [0.15, 0.2) is 5.92 Å². The Balaban J connectivity index is 2.37. The van der Waals surface area contributed by atoms with Crippen LogP contribution in [0, 0.1) is 11.8 Å². The average molecular weight is 351 g/mol. The molecule has 0 spiro atoms. The predicted octanol–water partition coefficient (Wildman–Crippen LogP) is 4.18. The highest BCUT2D eigenvalue weighted by Crippen LogP contribution is 2.43. The number of carbonyl (C=O) groups is 2. The smallest absolute Gasteiger partial charge is 0.320 e. The van der Waals surface area contributed by atoms with E-state index in [4.69, 9.17) is 21.1 Å². The molecule has 1 aliphatic rings. The van der Waals surface area contributed by atoms with Crippen molar-refractivity contribution in [3.63, 3.8) is 0 Å². The van der Waals surface area contributed by atoms with Crippen LogP contribution in [0.5, 0.6) is 0 Å². The molecule has 1 unspecified atom stereocenters. The maximum atomic E-state index is 12.4. The van der Waals surface area contributed by atoms with Crippen LogP contribution in [0.3, 0.4) is 0 Å². The highest BCUT2D eigenvalue weighted by atomic mass is 35.5. The highest BCUT2D eigenvalue weighted by Gasteiger charge is 2.42. The molecule has 1 saturated carbocycles. The first-order valence-corrected chi connectivity index (χ1v) is 8.75. The zero-order valence-electron chi connectivity index (χ0n) is 14.1. The summed E-state index contributed by atoms with van der Waals surface area (Å²) in [5, 5.41) is 0.622. The topological polar surface area (TPSA) is 52.6 Å². The van der Waals surface area contributed by atoms with E-state index in [1.807, 2.05) is 30.3 Å². The molecule has 1 fully saturated rings. The maximum Gasteiger partial charge on any atom is 0.320 e. The van der Waals surface area contributed by atoms with Gasteiger partial charge in [0, 0.05) is 11.0 Å². The molecule has 2 rings (SSSR count). The van der Waals surface area contributed by atoms with Gasteiger partial charge in [-0.25, -0.2) is 0 Å². The zero-order valence-corrected chi connectivity index (χ0v) is 14.8. The molecule has 1 aromatic rings. The van der Waals surface area contributed by atoms with Gasteiger partial charge in [-0.15, -0.1) is 0 Å². The molecule has 4 nitrogen and oxygen atoms in total. The summed E-state index contributed by atoms with van der Waals surface area (Å²) in [6, 6.07) is 9.60. The summed E-state index contributed by atoms with van der Waals surface area (Å²) in [6.45, 7) is 3.91. The largest absolute Gasteiger partial charge is 0.465 e. The van der Waals surface area contributed by atoms with E-state index in [0.717, 1.165) is 30.4 Å². The molecule has 0 aliphatic heterocycles. The van der Waals surface area contributed by atoms with Crippen molar-refractivity contribution in [1.82, 2.24) is 0 Å². The van der Waals surface area contributed by atoms with Gasteiger partial charge in [-0.05, 0) is 44.2 Å². The van der Waals surface area contributed by atoms with Crippen LogP contribution in [0.25, 0.3) is 5.03 Å². The fourth-order valence-electron chi connectivity index (χ4n) is 3.17. The van der Waals surface area contributed by atoms with E-state index in [2.05, 4.69) is 0 Å². The van der Waals surface area contributed by atoms with E-state index >= 15 is 0 Å². The minimum atomic E-state index is -0.945. The van der Waals surface area contributed by atoms with Crippen LogP contribution < -0.4 is 0 Å². The quantitative estimate of drug-likeness (QED) is 0.570. The number of halogens is 1. The molecular weight excluding hydrogens is 328 g/mol. The minimum Gasteiger partial charge on any atom is -0.465 e. The van der Waals surface area contributed by atoms with Gasteiger partial charge in [0.2, 0.25) is 0 Å². The molecule has 130 valence electrons. The third-order valence-electron chi connectivity index (χ3n) is 4.20. The van der Waals surface area contributed by atoms with Gasteiger partial charge in [-0.2, -0.15) is 0 Å². The summed E-state index contributed by atoms with van der Waals surface area (Å²) in [6.07, 6.45) is 2.38. The van der Waals surface area contributed by atoms with Crippen LogP contribution in [0.15, 0.2) is 35.9 Å². The number of esters is 2. The summed E-state index contributed by atoms with van der Waals surface area (Å²) in [5.74, 6) is -2.27. The third kappa shape index (κ3) is 4.18. The molecule has 24 heavy (non-hydrogen) atoms. The van der Waals surface area contributed by atoms with Crippen molar-refractivity contribution < 1.29 is 19.1 Å². The molecule has 0 bridgehead atoms. The summed E-state index contributed by atoms with van der Waals surface area (Å²) < 4.78 is 10.2. The van der Waals surface area contributed by atoms with Crippen molar-refractivity contribution in [3.8, 4) is 0 Å². The van der Waals surface area contributed by atoms with Gasteiger partial charge in [0.05, 0.1) is 13.2 Å². The van der Waals surface area contributed by atoms with Gasteiger partial charge < -0.3 is 9.47 Å². The van der Waals surface area contributed by atoms with Gasteiger partial charge in [0.25, 0.3) is 0 Å². The fourth-order valence-corrected chi connectivity index (χ4v) is 3.53. The molecule has 5 heteroatoms. The summed E-state index contributed by atoms with van der Waals surface area (Å²) >= 11 is 6.59. The normalized spacial score (nSPS) is 19.2. The van der Waals surface area contributed by atoms with Crippen LogP contribution in [0.1, 0.15) is 38.7 Å². The second-order valence-corrected chi connectivity index (χ2v) is 6.06. The maximum absolute atomic E-state index is 12.4. The number of carbonyl (C=O) groups excluding carboxylic acids is 2. The second kappa shape index (κ2) is 8.88. The van der Waals surface area contributed by atoms with Gasteiger partial charge >= 0.3 is 11.9 Å². The molecule has 0 saturated heterocycles. The van der Waals surface area contributed by atoms with Crippen molar-refractivity contribution >= 4 is 28.6 Å². The van der Waals surface area contributed by atoms with Gasteiger partial charge in [0.1, 0.15) is 0 Å². The number of ether oxygens (including phenoxy) is 2. The Labute approximate surface area is 147 Å². The number of hydrogen-bond acceptors (Lipinski definition) is 4. The Hall–Kier alpha value is -1.81. The standard InChI is InChI=1S/C19H23ClO4/c1-3-23-18(21)16(19(22)24-4-2)14-11-8-12-15(14)17(20)13-9-6-5-7-10-13/h5-7,9-10,14,16H,3-4,8,11-12H2,1-2H3/b17-15-. The lowest BCUT2D eigenvalue weighted by Gasteiger charge is -2.22. The molecular formula is C19H23ClO4. The molecule has 0 heterocycles. The summed E-state index contributed by atoms with van der Waals surface area (Å²) in [5.41, 5.74) is 1.83. The van der Waals surface area contributed by atoms with E-state index in [-0.39, 0.29) is 19.1 Å². The molecule has 0 radical (unpaired) electrons. The Morgan fingerprint density at radius 1 is 1.12 bits per heavy atom. The molecule has 0 aromatic heterocycles. The Morgan fingerprint density at radius 2 is 1.71 bits per heavy atom. The number of rotatable bonds is 6. The predicted molar refractivity (Wildman–Crippen MR) is 93.3 cm³/mol. The van der Waals surface area contributed by atoms with Gasteiger partial charge in [-0.3, -0.25) is 9.59 Å². The first kappa shape index (κ1) is 18.5. The Bertz CT molecular complexity index is 591. The van der Waals surface area contributed by atoms with Crippen molar-refractivity contribution in [3.05, 3.63) is 41.5 Å². The molecule has 0 N–H and O–H groups in total. The number of allylic oxidation sites excluding steroid dienone is 1. The van der Waals surface area contributed by atoms with E-state index in [9.17, 15) is 9.59 Å². The lowest BCUT2D eigenvalue weighted by molar-refractivity contribution is -0.163. The third-order valence-corrected chi connectivity index (χ3v) is 4.66. The van der Waals surface area contributed by atoms with E-state index < -0.39 is 17.9 Å². The highest BCUT2D eigenvalue weighted by molar-refractivity contribution is 6.49. The molecule has 1 atom stereocenters. The summed E-state index contributed by atoms with van der Waals surface area (Å²) in [7, 11) is 0. The molecule has 1 aliphatic carbocycles. The van der Waals surface area contributed by atoms with Crippen LogP contribution in [0.4, 0.5) is 0 Å². The van der Waals surface area contributed by atoms with Crippen molar-refractivity contribution in [2.24, 2.45) is 11.8 Å². The van der Waals surface area contributed by atoms with Crippen molar-refractivity contribution in [2.75, 3.05) is 13.2 Å². The first-order valence-electron chi connectivity index (χ1n) is 8.37. The van der Waals surface area contributed by atoms with Crippen LogP contribution >= 0.6 is 11.6 Å². The lowest BCUT2D eigenvalue weighted by atomic mass is 9.86. The first-order chi connectivity index (χ1) is 11.6.